The first-order chi connectivity index (χ1) is 9.58. The maximum atomic E-state index is 9.39. The van der Waals surface area contributed by atoms with Gasteiger partial charge in [0.1, 0.15) is 5.75 Å². The van der Waals surface area contributed by atoms with Gasteiger partial charge < -0.3 is 10.4 Å². The summed E-state index contributed by atoms with van der Waals surface area (Å²) in [7, 11) is 0. The highest BCUT2D eigenvalue weighted by Gasteiger charge is 2.27. The molecule has 0 amide bonds. The number of benzene rings is 1. The molecule has 3 heteroatoms. The number of aromatic hydroxyl groups is 1. The third-order valence-electron chi connectivity index (χ3n) is 4.17. The molecule has 0 aliphatic carbocycles. The van der Waals surface area contributed by atoms with Crippen LogP contribution in [0, 0.1) is 5.92 Å². The highest BCUT2D eigenvalue weighted by molar-refractivity contribution is 5.25. The molecule has 0 spiro atoms. The molecular formula is C17H28N2O. The van der Waals surface area contributed by atoms with E-state index in [0.717, 1.165) is 25.6 Å². The molecule has 112 valence electrons. The van der Waals surface area contributed by atoms with Gasteiger partial charge >= 0.3 is 0 Å². The second-order valence-corrected chi connectivity index (χ2v) is 6.39. The van der Waals surface area contributed by atoms with Gasteiger partial charge in [0.05, 0.1) is 0 Å². The molecule has 2 unspecified atom stereocenters. The van der Waals surface area contributed by atoms with Crippen LogP contribution >= 0.6 is 0 Å². The topological polar surface area (TPSA) is 35.5 Å². The first-order valence-corrected chi connectivity index (χ1v) is 7.83. The fourth-order valence-electron chi connectivity index (χ4n) is 3.01. The molecule has 1 saturated heterocycles. The van der Waals surface area contributed by atoms with Crippen LogP contribution in [0.3, 0.4) is 0 Å². The van der Waals surface area contributed by atoms with E-state index in [9.17, 15) is 5.11 Å². The van der Waals surface area contributed by atoms with Crippen LogP contribution in [-0.2, 0) is 6.54 Å². The van der Waals surface area contributed by atoms with E-state index in [-0.39, 0.29) is 0 Å². The Kier molecular flexibility index (Phi) is 5.44. The Balaban J connectivity index is 2.04. The molecule has 20 heavy (non-hydrogen) atoms. The van der Waals surface area contributed by atoms with E-state index in [1.165, 1.54) is 18.4 Å². The van der Waals surface area contributed by atoms with Gasteiger partial charge in [0.15, 0.2) is 0 Å². The van der Waals surface area contributed by atoms with Gasteiger partial charge in [0, 0.05) is 31.7 Å². The lowest BCUT2D eigenvalue weighted by Gasteiger charge is -2.41. The lowest BCUT2D eigenvalue weighted by Crippen LogP contribution is -2.56. The van der Waals surface area contributed by atoms with Crippen molar-refractivity contribution < 1.29 is 5.11 Å². The maximum Gasteiger partial charge on any atom is 0.115 e. The summed E-state index contributed by atoms with van der Waals surface area (Å²) in [6, 6.07) is 8.86. The summed E-state index contributed by atoms with van der Waals surface area (Å²) in [5, 5.41) is 13.1. The molecule has 1 fully saturated rings. The zero-order chi connectivity index (χ0) is 14.5. The first kappa shape index (κ1) is 15.3. The predicted octanol–water partition coefficient (Wildman–Crippen LogP) is 2.99. The van der Waals surface area contributed by atoms with E-state index in [2.05, 4.69) is 31.0 Å². The number of phenols is 1. The van der Waals surface area contributed by atoms with Crippen LogP contribution in [0.25, 0.3) is 0 Å². The number of hydrogen-bond donors (Lipinski definition) is 2. The molecule has 1 aliphatic heterocycles. The Morgan fingerprint density at radius 1 is 1.30 bits per heavy atom. The van der Waals surface area contributed by atoms with E-state index in [0.29, 0.717) is 17.8 Å². The average molecular weight is 276 g/mol. The Bertz CT molecular complexity index is 402. The molecular weight excluding hydrogens is 248 g/mol. The summed E-state index contributed by atoms with van der Waals surface area (Å²) in [5.41, 5.74) is 1.29. The number of hydrogen-bond acceptors (Lipinski definition) is 3. The molecule has 1 aromatic rings. The van der Waals surface area contributed by atoms with Crippen LogP contribution < -0.4 is 5.32 Å². The van der Waals surface area contributed by atoms with Crippen molar-refractivity contribution in [3.63, 3.8) is 0 Å². The lowest BCUT2D eigenvalue weighted by atomic mass is 9.97. The van der Waals surface area contributed by atoms with E-state index in [1.54, 1.807) is 12.1 Å². The normalized spacial score (nSPS) is 24.2. The quantitative estimate of drug-likeness (QED) is 0.868. The molecule has 1 aliphatic rings. The van der Waals surface area contributed by atoms with Gasteiger partial charge in [-0.15, -0.1) is 0 Å². The minimum absolute atomic E-state index is 0.347. The molecule has 2 rings (SSSR count). The number of nitrogens with zero attached hydrogens (tertiary/aromatic N) is 1. The second kappa shape index (κ2) is 7.09. The molecule has 1 aromatic carbocycles. The zero-order valence-electron chi connectivity index (χ0n) is 13.0. The average Bonchev–Trinajstić information content (AvgIpc) is 2.42. The van der Waals surface area contributed by atoms with Crippen molar-refractivity contribution in [3.8, 4) is 5.75 Å². The van der Waals surface area contributed by atoms with E-state index >= 15 is 0 Å². The molecule has 2 atom stereocenters. The van der Waals surface area contributed by atoms with E-state index in [4.69, 9.17) is 0 Å². The summed E-state index contributed by atoms with van der Waals surface area (Å²) in [4.78, 5) is 2.61. The van der Waals surface area contributed by atoms with Crippen LogP contribution in [0.2, 0.25) is 0 Å². The molecule has 1 heterocycles. The van der Waals surface area contributed by atoms with Gasteiger partial charge in [-0.05, 0) is 36.5 Å². The Hall–Kier alpha value is -1.06. The van der Waals surface area contributed by atoms with Crippen molar-refractivity contribution in [1.29, 1.82) is 0 Å². The second-order valence-electron chi connectivity index (χ2n) is 6.39. The fourth-order valence-corrected chi connectivity index (χ4v) is 3.01. The van der Waals surface area contributed by atoms with Gasteiger partial charge in [0.2, 0.25) is 0 Å². The summed E-state index contributed by atoms with van der Waals surface area (Å²) in [5.74, 6) is 1.07. The summed E-state index contributed by atoms with van der Waals surface area (Å²) in [6.07, 6.45) is 2.42. The Morgan fingerprint density at radius 3 is 2.60 bits per heavy atom. The van der Waals surface area contributed by atoms with Gasteiger partial charge in [-0.2, -0.15) is 0 Å². The highest BCUT2D eigenvalue weighted by Crippen LogP contribution is 2.20. The fraction of sp³-hybridized carbons (Fsp3) is 0.647. The molecule has 0 bridgehead atoms. The van der Waals surface area contributed by atoms with Crippen molar-refractivity contribution >= 4 is 0 Å². The van der Waals surface area contributed by atoms with Gasteiger partial charge in [-0.1, -0.05) is 32.9 Å². The zero-order valence-corrected chi connectivity index (χ0v) is 13.0. The number of phenolic OH excluding ortho intramolecular Hbond substituents is 1. The highest BCUT2D eigenvalue weighted by atomic mass is 16.3. The minimum atomic E-state index is 0.347. The van der Waals surface area contributed by atoms with Gasteiger partial charge in [-0.25, -0.2) is 0 Å². The van der Waals surface area contributed by atoms with Crippen LogP contribution in [0.15, 0.2) is 24.3 Å². The molecule has 2 N–H and O–H groups in total. The summed E-state index contributed by atoms with van der Waals surface area (Å²) >= 11 is 0. The molecule has 0 aromatic heterocycles. The van der Waals surface area contributed by atoms with Crippen molar-refractivity contribution in [2.75, 3.05) is 13.1 Å². The van der Waals surface area contributed by atoms with Crippen molar-refractivity contribution in [3.05, 3.63) is 29.8 Å². The lowest BCUT2D eigenvalue weighted by molar-refractivity contribution is 0.105. The van der Waals surface area contributed by atoms with E-state index in [1.807, 2.05) is 12.1 Å². The predicted molar refractivity (Wildman–Crippen MR) is 83.8 cm³/mol. The van der Waals surface area contributed by atoms with Gasteiger partial charge in [0.25, 0.3) is 0 Å². The van der Waals surface area contributed by atoms with Crippen molar-refractivity contribution in [2.45, 2.75) is 52.2 Å². The SMILES string of the molecule is CCC1CN(Cc2ccc(O)cc2)C(CC(C)C)CN1. The van der Waals surface area contributed by atoms with Gasteiger partial charge in [-0.3, -0.25) is 4.90 Å². The maximum absolute atomic E-state index is 9.39. The number of rotatable bonds is 5. The smallest absolute Gasteiger partial charge is 0.115 e. The number of piperazine rings is 1. The van der Waals surface area contributed by atoms with Crippen molar-refractivity contribution in [2.24, 2.45) is 5.92 Å². The third-order valence-corrected chi connectivity index (χ3v) is 4.17. The molecule has 0 radical (unpaired) electrons. The van der Waals surface area contributed by atoms with E-state index < -0.39 is 0 Å². The third kappa shape index (κ3) is 4.22. The number of nitrogens with one attached hydrogen (secondary N) is 1. The van der Waals surface area contributed by atoms with Crippen LogP contribution in [0.1, 0.15) is 39.2 Å². The minimum Gasteiger partial charge on any atom is -0.508 e. The largest absolute Gasteiger partial charge is 0.508 e. The summed E-state index contributed by atoms with van der Waals surface area (Å²) in [6.45, 7) is 10.0. The molecule has 3 nitrogen and oxygen atoms in total. The summed E-state index contributed by atoms with van der Waals surface area (Å²) < 4.78 is 0. The Morgan fingerprint density at radius 2 is 2.00 bits per heavy atom. The molecule has 0 saturated carbocycles. The van der Waals surface area contributed by atoms with Crippen LogP contribution in [-0.4, -0.2) is 35.2 Å². The monoisotopic (exact) mass is 276 g/mol. The van der Waals surface area contributed by atoms with Crippen molar-refractivity contribution in [1.82, 2.24) is 10.2 Å². The van der Waals surface area contributed by atoms with Crippen LogP contribution in [0.5, 0.6) is 5.75 Å². The van der Waals surface area contributed by atoms with Crippen LogP contribution in [0.4, 0.5) is 0 Å². The standard InChI is InChI=1S/C17H28N2O/c1-4-15-12-19(16(10-18-15)9-13(2)3)11-14-5-7-17(20)8-6-14/h5-8,13,15-16,18,20H,4,9-12H2,1-3H3. The Labute approximate surface area is 123 Å². The first-order valence-electron chi connectivity index (χ1n) is 7.83.